The predicted molar refractivity (Wildman–Crippen MR) is 70.3 cm³/mol. The molecule has 94 valence electrons. The van der Waals surface area contributed by atoms with Crippen molar-refractivity contribution >= 4 is 0 Å². The average molecular weight is 234 g/mol. The standard InChI is InChI=1S/C14H22N2O/c1-11-8-9-12(10-15-2)14(17)16(11)13-6-4-3-5-7-13/h8-9,13,15H,3-7,10H2,1-2H3. The molecule has 0 atom stereocenters. The van der Waals surface area contributed by atoms with E-state index in [2.05, 4.69) is 11.4 Å². The van der Waals surface area contributed by atoms with E-state index in [9.17, 15) is 4.79 Å². The zero-order valence-electron chi connectivity index (χ0n) is 10.8. The fourth-order valence-electron chi connectivity index (χ4n) is 2.81. The Labute approximate surface area is 103 Å². The summed E-state index contributed by atoms with van der Waals surface area (Å²) in [5.41, 5.74) is 2.18. The fourth-order valence-corrected chi connectivity index (χ4v) is 2.81. The maximum atomic E-state index is 12.4. The molecule has 0 radical (unpaired) electrons. The van der Waals surface area contributed by atoms with Crippen LogP contribution in [0.5, 0.6) is 0 Å². The highest BCUT2D eigenvalue weighted by atomic mass is 16.1. The van der Waals surface area contributed by atoms with Crippen LogP contribution in [0.1, 0.15) is 49.4 Å². The van der Waals surface area contributed by atoms with Gasteiger partial charge in [-0.1, -0.05) is 25.3 Å². The number of rotatable bonds is 3. The van der Waals surface area contributed by atoms with Gasteiger partial charge in [0.25, 0.3) is 5.56 Å². The number of aromatic nitrogens is 1. The van der Waals surface area contributed by atoms with Gasteiger partial charge in [-0.05, 0) is 32.9 Å². The summed E-state index contributed by atoms with van der Waals surface area (Å²) in [4.78, 5) is 12.4. The van der Waals surface area contributed by atoms with Gasteiger partial charge in [-0.2, -0.15) is 0 Å². The second kappa shape index (κ2) is 5.50. The van der Waals surface area contributed by atoms with E-state index in [-0.39, 0.29) is 5.56 Å². The van der Waals surface area contributed by atoms with E-state index < -0.39 is 0 Å². The normalized spacial score (nSPS) is 17.3. The molecule has 0 aromatic carbocycles. The lowest BCUT2D eigenvalue weighted by atomic mass is 9.94. The summed E-state index contributed by atoms with van der Waals surface area (Å²) in [6.45, 7) is 2.70. The molecule has 1 heterocycles. The molecule has 1 aliphatic carbocycles. The number of nitrogens with zero attached hydrogens (tertiary/aromatic N) is 1. The molecule has 0 unspecified atom stereocenters. The second-order valence-corrected chi connectivity index (χ2v) is 5.00. The van der Waals surface area contributed by atoms with Crippen LogP contribution in [0.15, 0.2) is 16.9 Å². The van der Waals surface area contributed by atoms with Crippen LogP contribution >= 0.6 is 0 Å². The van der Waals surface area contributed by atoms with Crippen molar-refractivity contribution in [2.75, 3.05) is 7.05 Å². The van der Waals surface area contributed by atoms with Crippen LogP contribution in [0.2, 0.25) is 0 Å². The Bertz CT molecular complexity index is 430. The second-order valence-electron chi connectivity index (χ2n) is 5.00. The molecular formula is C14H22N2O. The largest absolute Gasteiger partial charge is 0.315 e. The van der Waals surface area contributed by atoms with Crippen molar-refractivity contribution in [1.82, 2.24) is 9.88 Å². The summed E-state index contributed by atoms with van der Waals surface area (Å²) in [6, 6.07) is 4.45. The molecule has 1 aromatic heterocycles. The van der Waals surface area contributed by atoms with Crippen LogP contribution in [0, 0.1) is 6.92 Å². The summed E-state index contributed by atoms with van der Waals surface area (Å²) in [5.74, 6) is 0. The first-order valence-electron chi connectivity index (χ1n) is 6.59. The number of hydrogen-bond donors (Lipinski definition) is 1. The van der Waals surface area contributed by atoms with Gasteiger partial charge >= 0.3 is 0 Å². The molecular weight excluding hydrogens is 212 g/mol. The highest BCUT2D eigenvalue weighted by Gasteiger charge is 2.18. The molecule has 1 aromatic rings. The molecule has 1 fully saturated rings. The topological polar surface area (TPSA) is 34.0 Å². The van der Waals surface area contributed by atoms with Crippen molar-refractivity contribution in [2.24, 2.45) is 0 Å². The van der Waals surface area contributed by atoms with Crippen LogP contribution in [0.3, 0.4) is 0 Å². The van der Waals surface area contributed by atoms with Gasteiger partial charge in [0, 0.05) is 23.8 Å². The lowest BCUT2D eigenvalue weighted by Crippen LogP contribution is -2.31. The van der Waals surface area contributed by atoms with Crippen molar-refractivity contribution in [3.63, 3.8) is 0 Å². The van der Waals surface area contributed by atoms with Crippen LogP contribution in [-0.4, -0.2) is 11.6 Å². The van der Waals surface area contributed by atoms with Gasteiger partial charge in [-0.15, -0.1) is 0 Å². The number of pyridine rings is 1. The maximum Gasteiger partial charge on any atom is 0.255 e. The quantitative estimate of drug-likeness (QED) is 0.871. The van der Waals surface area contributed by atoms with E-state index in [0.717, 1.165) is 24.1 Å². The Balaban J connectivity index is 2.36. The van der Waals surface area contributed by atoms with E-state index in [1.165, 1.54) is 19.3 Å². The lowest BCUT2D eigenvalue weighted by molar-refractivity contribution is 0.340. The summed E-state index contributed by atoms with van der Waals surface area (Å²) in [6.07, 6.45) is 6.15. The Morgan fingerprint density at radius 1 is 1.29 bits per heavy atom. The van der Waals surface area contributed by atoms with E-state index in [1.807, 2.05) is 24.6 Å². The number of nitrogens with one attached hydrogen (secondary N) is 1. The Kier molecular flexibility index (Phi) is 4.00. The molecule has 0 saturated heterocycles. The van der Waals surface area contributed by atoms with Gasteiger partial charge in [0.2, 0.25) is 0 Å². The smallest absolute Gasteiger partial charge is 0.255 e. The van der Waals surface area contributed by atoms with Crippen molar-refractivity contribution in [2.45, 2.75) is 51.6 Å². The minimum Gasteiger partial charge on any atom is -0.315 e. The lowest BCUT2D eigenvalue weighted by Gasteiger charge is -2.26. The third-order valence-electron chi connectivity index (χ3n) is 3.71. The maximum absolute atomic E-state index is 12.4. The molecule has 1 saturated carbocycles. The van der Waals surface area contributed by atoms with Gasteiger partial charge in [0.15, 0.2) is 0 Å². The Morgan fingerprint density at radius 3 is 2.65 bits per heavy atom. The molecule has 0 amide bonds. The molecule has 0 spiro atoms. The summed E-state index contributed by atoms with van der Waals surface area (Å²) in [7, 11) is 1.88. The van der Waals surface area contributed by atoms with Gasteiger partial charge in [0.1, 0.15) is 0 Å². The zero-order valence-corrected chi connectivity index (χ0v) is 10.8. The zero-order chi connectivity index (χ0) is 12.3. The summed E-state index contributed by atoms with van der Waals surface area (Å²) in [5, 5.41) is 3.06. The number of aryl methyl sites for hydroxylation is 1. The molecule has 0 bridgehead atoms. The first-order valence-corrected chi connectivity index (χ1v) is 6.59. The third kappa shape index (κ3) is 2.60. The third-order valence-corrected chi connectivity index (χ3v) is 3.71. The molecule has 2 rings (SSSR count). The first kappa shape index (κ1) is 12.4. The summed E-state index contributed by atoms with van der Waals surface area (Å²) < 4.78 is 2.02. The predicted octanol–water partition coefficient (Wildman–Crippen LogP) is 2.38. The van der Waals surface area contributed by atoms with Crippen molar-refractivity contribution in [1.29, 1.82) is 0 Å². The van der Waals surface area contributed by atoms with Crippen LogP contribution in [0.25, 0.3) is 0 Å². The van der Waals surface area contributed by atoms with Crippen molar-refractivity contribution in [3.05, 3.63) is 33.7 Å². The first-order chi connectivity index (χ1) is 8.24. The Hall–Kier alpha value is -1.09. The van der Waals surface area contributed by atoms with E-state index in [1.54, 1.807) is 0 Å². The van der Waals surface area contributed by atoms with Crippen LogP contribution in [0.4, 0.5) is 0 Å². The van der Waals surface area contributed by atoms with Crippen molar-refractivity contribution in [3.8, 4) is 0 Å². The Morgan fingerprint density at radius 2 is 2.00 bits per heavy atom. The van der Waals surface area contributed by atoms with E-state index >= 15 is 0 Å². The minimum absolute atomic E-state index is 0.200. The monoisotopic (exact) mass is 234 g/mol. The van der Waals surface area contributed by atoms with Crippen LogP contribution < -0.4 is 10.9 Å². The van der Waals surface area contributed by atoms with Gasteiger partial charge in [-0.25, -0.2) is 0 Å². The highest BCUT2D eigenvalue weighted by molar-refractivity contribution is 5.16. The van der Waals surface area contributed by atoms with Gasteiger partial charge in [0.05, 0.1) is 0 Å². The van der Waals surface area contributed by atoms with E-state index in [0.29, 0.717) is 12.6 Å². The molecule has 1 aliphatic rings. The molecule has 1 N–H and O–H groups in total. The number of hydrogen-bond acceptors (Lipinski definition) is 2. The summed E-state index contributed by atoms with van der Waals surface area (Å²) >= 11 is 0. The fraction of sp³-hybridized carbons (Fsp3) is 0.643. The molecule has 3 nitrogen and oxygen atoms in total. The minimum atomic E-state index is 0.200. The molecule has 3 heteroatoms. The van der Waals surface area contributed by atoms with Gasteiger partial charge in [-0.3, -0.25) is 4.79 Å². The SMILES string of the molecule is CNCc1ccc(C)n(C2CCCCC2)c1=O. The highest BCUT2D eigenvalue weighted by Crippen LogP contribution is 2.27. The average Bonchev–Trinajstić information content (AvgIpc) is 2.35. The van der Waals surface area contributed by atoms with Crippen LogP contribution in [-0.2, 0) is 6.54 Å². The molecule has 0 aliphatic heterocycles. The molecule has 17 heavy (non-hydrogen) atoms. The van der Waals surface area contributed by atoms with Gasteiger partial charge < -0.3 is 9.88 Å². The van der Waals surface area contributed by atoms with Crippen molar-refractivity contribution < 1.29 is 0 Å². The van der Waals surface area contributed by atoms with E-state index in [4.69, 9.17) is 0 Å².